The van der Waals surface area contributed by atoms with Gasteiger partial charge >= 0.3 is 0 Å². The number of rotatable bonds is 3. The Bertz CT molecular complexity index is 105. The maximum atomic E-state index is 5.71. The molecule has 0 aromatic carbocycles. The lowest BCUT2D eigenvalue weighted by molar-refractivity contribution is 0.160. The van der Waals surface area contributed by atoms with E-state index in [2.05, 4.69) is 4.90 Å². The van der Waals surface area contributed by atoms with Gasteiger partial charge in [-0.3, -0.25) is 4.90 Å². The fourth-order valence-electron chi connectivity index (χ4n) is 1.29. The third-order valence-corrected chi connectivity index (χ3v) is 1.92. The second kappa shape index (κ2) is 8.44. The molecule has 5 heteroatoms. The smallest absolute Gasteiger partial charge is 0.0589 e. The van der Waals surface area contributed by atoms with Crippen molar-refractivity contribution >= 4 is 34.0 Å². The number of hydrogen-bond donors (Lipinski definition) is 1. The Labute approximate surface area is 95.2 Å². The fourth-order valence-corrected chi connectivity index (χ4v) is 1.29. The van der Waals surface area contributed by atoms with Crippen molar-refractivity contribution in [3.8, 4) is 0 Å². The van der Waals surface area contributed by atoms with Gasteiger partial charge in [0.25, 0.3) is 0 Å². The van der Waals surface area contributed by atoms with Crippen molar-refractivity contribution in [1.82, 2.24) is 4.90 Å². The third kappa shape index (κ3) is 5.48. The van der Waals surface area contributed by atoms with Gasteiger partial charge in [-0.2, -0.15) is 0 Å². The first kappa shape index (κ1) is 15.3. The summed E-state index contributed by atoms with van der Waals surface area (Å²) in [5.74, 6) is 0. The highest BCUT2D eigenvalue weighted by Gasteiger charge is 2.17. The van der Waals surface area contributed by atoms with Crippen LogP contribution in [-0.4, -0.2) is 44.3 Å². The molecule has 1 saturated heterocycles. The zero-order chi connectivity index (χ0) is 7.40. The van der Waals surface area contributed by atoms with E-state index in [9.17, 15) is 0 Å². The molecule has 1 rings (SSSR count). The summed E-state index contributed by atoms with van der Waals surface area (Å²) in [6.45, 7) is 4.05. The average Bonchev–Trinajstić information content (AvgIpc) is 2.31. The predicted octanol–water partition coefficient (Wildman–Crippen LogP) is 0.822. The second-order valence-electron chi connectivity index (χ2n) is 2.84. The molecule has 0 saturated carbocycles. The SMILES string of the molecule is Br.Br.COCCN1CCC(N)C1. The van der Waals surface area contributed by atoms with Crippen LogP contribution in [0, 0.1) is 0 Å². The molecule has 12 heavy (non-hydrogen) atoms. The van der Waals surface area contributed by atoms with Crippen molar-refractivity contribution in [3.05, 3.63) is 0 Å². The van der Waals surface area contributed by atoms with Crippen molar-refractivity contribution < 1.29 is 4.74 Å². The minimum atomic E-state index is 0. The van der Waals surface area contributed by atoms with Crippen molar-refractivity contribution in [1.29, 1.82) is 0 Å². The number of likely N-dealkylation sites (tertiary alicyclic amines) is 1. The van der Waals surface area contributed by atoms with E-state index in [1.807, 2.05) is 0 Å². The molecule has 0 radical (unpaired) electrons. The molecule has 0 aliphatic carbocycles. The quantitative estimate of drug-likeness (QED) is 0.839. The van der Waals surface area contributed by atoms with Crippen LogP contribution in [0.3, 0.4) is 0 Å². The normalized spacial score (nSPS) is 23.0. The summed E-state index contributed by atoms with van der Waals surface area (Å²) in [6.07, 6.45) is 1.14. The minimum Gasteiger partial charge on any atom is -0.383 e. The van der Waals surface area contributed by atoms with Crippen LogP contribution >= 0.6 is 34.0 Å². The van der Waals surface area contributed by atoms with E-state index in [0.717, 1.165) is 32.7 Å². The molecule has 1 unspecified atom stereocenters. The summed E-state index contributed by atoms with van der Waals surface area (Å²) in [7, 11) is 1.73. The lowest BCUT2D eigenvalue weighted by atomic mass is 10.3. The van der Waals surface area contributed by atoms with Gasteiger partial charge in [-0.1, -0.05) is 0 Å². The van der Waals surface area contributed by atoms with Crippen LogP contribution in [0.4, 0.5) is 0 Å². The maximum Gasteiger partial charge on any atom is 0.0589 e. The molecule has 1 fully saturated rings. The molecule has 0 aromatic heterocycles. The maximum absolute atomic E-state index is 5.71. The molecule has 0 amide bonds. The zero-order valence-corrected chi connectivity index (χ0v) is 10.8. The molecule has 1 heterocycles. The number of halogens is 2. The first-order valence-electron chi connectivity index (χ1n) is 3.80. The fraction of sp³-hybridized carbons (Fsp3) is 1.00. The molecule has 0 spiro atoms. The van der Waals surface area contributed by atoms with Gasteiger partial charge < -0.3 is 10.5 Å². The molecule has 0 bridgehead atoms. The second-order valence-corrected chi connectivity index (χ2v) is 2.84. The Balaban J connectivity index is 0. The van der Waals surface area contributed by atoms with E-state index in [1.165, 1.54) is 0 Å². The zero-order valence-electron chi connectivity index (χ0n) is 7.36. The Morgan fingerprint density at radius 1 is 1.50 bits per heavy atom. The molecular formula is C7H18Br2N2O. The lowest BCUT2D eigenvalue weighted by Crippen LogP contribution is -2.28. The van der Waals surface area contributed by atoms with Gasteiger partial charge in [-0.05, 0) is 13.0 Å². The number of nitrogens with zero attached hydrogens (tertiary/aromatic N) is 1. The largest absolute Gasteiger partial charge is 0.383 e. The molecule has 0 aromatic rings. The van der Waals surface area contributed by atoms with Crippen LogP contribution in [0.15, 0.2) is 0 Å². The first-order valence-corrected chi connectivity index (χ1v) is 3.80. The van der Waals surface area contributed by atoms with E-state index in [0.29, 0.717) is 6.04 Å². The van der Waals surface area contributed by atoms with E-state index < -0.39 is 0 Å². The third-order valence-electron chi connectivity index (χ3n) is 1.92. The molecule has 76 valence electrons. The standard InChI is InChI=1S/C7H16N2O.2BrH/c1-10-5-4-9-3-2-7(8)6-9;;/h7H,2-6,8H2,1H3;2*1H. The number of methoxy groups -OCH3 is 1. The monoisotopic (exact) mass is 304 g/mol. The summed E-state index contributed by atoms with van der Waals surface area (Å²) in [5, 5.41) is 0. The Kier molecular flexibility index (Phi) is 10.8. The van der Waals surface area contributed by atoms with Crippen LogP contribution in [0.1, 0.15) is 6.42 Å². The molecule has 1 aliphatic heterocycles. The van der Waals surface area contributed by atoms with Crippen LogP contribution in [0.2, 0.25) is 0 Å². The highest BCUT2D eigenvalue weighted by molar-refractivity contribution is 8.93. The number of nitrogens with two attached hydrogens (primary N) is 1. The number of ether oxygens (including phenoxy) is 1. The Morgan fingerprint density at radius 3 is 2.58 bits per heavy atom. The highest BCUT2D eigenvalue weighted by atomic mass is 79.9. The molecular weight excluding hydrogens is 288 g/mol. The van der Waals surface area contributed by atoms with Crippen molar-refractivity contribution in [2.75, 3.05) is 33.4 Å². The van der Waals surface area contributed by atoms with Crippen molar-refractivity contribution in [2.24, 2.45) is 5.73 Å². The van der Waals surface area contributed by atoms with Crippen molar-refractivity contribution in [3.63, 3.8) is 0 Å². The van der Waals surface area contributed by atoms with Crippen molar-refractivity contribution in [2.45, 2.75) is 12.5 Å². The van der Waals surface area contributed by atoms with Gasteiger partial charge in [0, 0.05) is 26.2 Å². The summed E-state index contributed by atoms with van der Waals surface area (Å²) < 4.78 is 4.96. The van der Waals surface area contributed by atoms with Crippen LogP contribution in [0.25, 0.3) is 0 Å². The molecule has 3 nitrogen and oxygen atoms in total. The van der Waals surface area contributed by atoms with Crippen LogP contribution in [-0.2, 0) is 4.74 Å². The van der Waals surface area contributed by atoms with Crippen LogP contribution < -0.4 is 5.73 Å². The Hall–Kier alpha value is 0.840. The van der Waals surface area contributed by atoms with E-state index in [-0.39, 0.29) is 34.0 Å². The molecule has 1 aliphatic rings. The molecule has 2 N–H and O–H groups in total. The van der Waals surface area contributed by atoms with Gasteiger partial charge in [0.05, 0.1) is 6.61 Å². The average molecular weight is 306 g/mol. The van der Waals surface area contributed by atoms with Gasteiger partial charge in [0.15, 0.2) is 0 Å². The minimum absolute atomic E-state index is 0. The van der Waals surface area contributed by atoms with E-state index >= 15 is 0 Å². The van der Waals surface area contributed by atoms with E-state index in [1.54, 1.807) is 7.11 Å². The van der Waals surface area contributed by atoms with Gasteiger partial charge in [0.2, 0.25) is 0 Å². The summed E-state index contributed by atoms with van der Waals surface area (Å²) in [4.78, 5) is 2.34. The van der Waals surface area contributed by atoms with Gasteiger partial charge in [0.1, 0.15) is 0 Å². The van der Waals surface area contributed by atoms with E-state index in [4.69, 9.17) is 10.5 Å². The highest BCUT2D eigenvalue weighted by Crippen LogP contribution is 2.05. The summed E-state index contributed by atoms with van der Waals surface area (Å²) >= 11 is 0. The number of hydrogen-bond acceptors (Lipinski definition) is 3. The predicted molar refractivity (Wildman–Crippen MR) is 61.6 cm³/mol. The van der Waals surface area contributed by atoms with Crippen LogP contribution in [0.5, 0.6) is 0 Å². The first-order chi connectivity index (χ1) is 4.83. The van der Waals surface area contributed by atoms with Gasteiger partial charge in [-0.15, -0.1) is 34.0 Å². The van der Waals surface area contributed by atoms with Gasteiger partial charge in [-0.25, -0.2) is 0 Å². The summed E-state index contributed by atoms with van der Waals surface area (Å²) in [6, 6.07) is 0.400. The summed E-state index contributed by atoms with van der Waals surface area (Å²) in [5.41, 5.74) is 5.71. The molecule has 1 atom stereocenters. The Morgan fingerprint density at radius 2 is 2.17 bits per heavy atom. The lowest BCUT2D eigenvalue weighted by Gasteiger charge is -2.13. The topological polar surface area (TPSA) is 38.5 Å².